The van der Waals surface area contributed by atoms with Gasteiger partial charge >= 0.3 is 0 Å². The van der Waals surface area contributed by atoms with Gasteiger partial charge in [-0.15, -0.1) is 0 Å². The third kappa shape index (κ3) is 5.76. The van der Waals surface area contributed by atoms with E-state index < -0.39 is 0 Å². The largest absolute Gasteiger partial charge is 0.393 e. The van der Waals surface area contributed by atoms with Crippen molar-refractivity contribution in [2.45, 2.75) is 52.4 Å². The maximum Gasteiger partial charge on any atom is 0.103 e. The Morgan fingerprint density at radius 1 is 0.712 bits per heavy atom. The van der Waals surface area contributed by atoms with E-state index in [0.29, 0.717) is 5.71 Å². The number of para-hydroxylation sites is 1. The number of fused-ring (bicyclic) bond motifs is 4. The minimum absolute atomic E-state index is 0.0392. The van der Waals surface area contributed by atoms with Crippen LogP contribution in [0.5, 0.6) is 0 Å². The summed E-state index contributed by atoms with van der Waals surface area (Å²) in [6.45, 7) is 13.7. The molecule has 0 amide bonds. The lowest BCUT2D eigenvalue weighted by Crippen LogP contribution is -2.11. The van der Waals surface area contributed by atoms with Crippen LogP contribution in [0.3, 0.4) is 0 Å². The molecule has 1 aliphatic rings. The molecule has 0 atom stereocenters. The van der Waals surface area contributed by atoms with Crippen molar-refractivity contribution >= 4 is 44.0 Å². The molecule has 7 aromatic rings. The third-order valence-corrected chi connectivity index (χ3v) is 10.3. The third-order valence-electron chi connectivity index (χ3n) is 10.3. The molecule has 52 heavy (non-hydrogen) atoms. The van der Waals surface area contributed by atoms with Gasteiger partial charge in [0.15, 0.2) is 0 Å². The number of rotatable bonds is 5. The molecule has 2 heterocycles. The van der Waals surface area contributed by atoms with Crippen molar-refractivity contribution in [1.82, 2.24) is 20.1 Å². The zero-order valence-electron chi connectivity index (χ0n) is 31.0. The highest BCUT2D eigenvalue weighted by Crippen LogP contribution is 2.42. The number of H-pyrrole nitrogens is 1. The van der Waals surface area contributed by atoms with Crippen molar-refractivity contribution in [2.24, 2.45) is 0 Å². The quantitative estimate of drug-likeness (QED) is 0.169. The van der Waals surface area contributed by atoms with Gasteiger partial charge in [-0.25, -0.2) is 4.68 Å². The molecule has 1 aliphatic carbocycles. The van der Waals surface area contributed by atoms with Gasteiger partial charge in [0.1, 0.15) is 5.69 Å². The number of aromatic nitrogens is 3. The first-order chi connectivity index (χ1) is 24.9. The fourth-order valence-corrected chi connectivity index (χ4v) is 7.32. The Morgan fingerprint density at radius 3 is 2.17 bits per heavy atom. The Morgan fingerprint density at radius 2 is 1.42 bits per heavy atom. The number of aromatic amines is 1. The van der Waals surface area contributed by atoms with E-state index in [2.05, 4.69) is 154 Å². The van der Waals surface area contributed by atoms with Crippen LogP contribution in [0.2, 0.25) is 0 Å². The molecule has 0 unspecified atom stereocenters. The van der Waals surface area contributed by atoms with Crippen molar-refractivity contribution < 1.29 is 0 Å². The number of nitrogens with zero attached hydrogens (tertiary/aromatic N) is 2. The van der Waals surface area contributed by atoms with Gasteiger partial charge in [0.25, 0.3) is 0 Å². The molecule has 2 aromatic heterocycles. The van der Waals surface area contributed by atoms with Crippen molar-refractivity contribution in [3.05, 3.63) is 150 Å². The van der Waals surface area contributed by atoms with Crippen LogP contribution in [-0.4, -0.2) is 27.5 Å². The Balaban J connectivity index is 1.39. The van der Waals surface area contributed by atoms with Gasteiger partial charge in [-0.1, -0.05) is 114 Å². The molecule has 258 valence electrons. The minimum Gasteiger partial charge on any atom is -0.393 e. The van der Waals surface area contributed by atoms with Crippen LogP contribution in [0.4, 0.5) is 0 Å². The highest BCUT2D eigenvalue weighted by atomic mass is 15.3. The SMILES string of the molecule is CN/C=C1/C=CC=C(c2cc(-c3ccccc3)cc(-n3nc(-c4cc(C(C)(C)C)cc5c4[nH]c4ccc(C(C)(C)C)cc45)c4ccccc43)c2)C1=N. The number of allylic oxidation sites excluding steroid dienone is 5. The predicted molar refractivity (Wildman–Crippen MR) is 221 cm³/mol. The van der Waals surface area contributed by atoms with Crippen molar-refractivity contribution in [3.63, 3.8) is 0 Å². The van der Waals surface area contributed by atoms with Gasteiger partial charge in [-0.2, -0.15) is 5.10 Å². The molecule has 0 spiro atoms. The predicted octanol–water partition coefficient (Wildman–Crippen LogP) is 11.7. The number of hydrogen-bond acceptors (Lipinski definition) is 3. The van der Waals surface area contributed by atoms with Gasteiger partial charge in [0, 0.05) is 51.6 Å². The summed E-state index contributed by atoms with van der Waals surface area (Å²) < 4.78 is 2.09. The lowest BCUT2D eigenvalue weighted by atomic mass is 9.83. The van der Waals surface area contributed by atoms with Gasteiger partial charge in [-0.05, 0) is 87.2 Å². The van der Waals surface area contributed by atoms with Crippen LogP contribution in [0.15, 0.2) is 133 Å². The normalized spacial score (nSPS) is 14.6. The van der Waals surface area contributed by atoms with Gasteiger partial charge in [0.05, 0.1) is 22.4 Å². The maximum absolute atomic E-state index is 9.13. The molecule has 5 aromatic carbocycles. The summed E-state index contributed by atoms with van der Waals surface area (Å²) in [5.41, 5.74) is 14.1. The fraction of sp³-hybridized carbons (Fsp3) is 0.191. The standard InChI is InChI=1S/C47H45N5/c1-46(2,3)33-20-21-41-38(25-33)39-26-34(47(4,5)6)27-40(44(39)50-41)45-37-17-11-12-19-42(37)52(51-45)35-23-31(29-14-9-8-10-15-29)22-32(24-35)36-18-13-16-30(28-49-7)43(36)48/h8-28,48-50H,1-7H3/b30-28-,48-43?. The molecule has 5 nitrogen and oxygen atoms in total. The molecule has 0 aliphatic heterocycles. The Bertz CT molecular complexity index is 2630. The molecule has 5 heteroatoms. The zero-order valence-corrected chi connectivity index (χ0v) is 31.0. The molecular formula is C47H45N5. The van der Waals surface area contributed by atoms with Crippen LogP contribution in [0.1, 0.15) is 58.2 Å². The van der Waals surface area contributed by atoms with Crippen LogP contribution < -0.4 is 5.32 Å². The second-order valence-electron chi connectivity index (χ2n) is 15.9. The van der Waals surface area contributed by atoms with E-state index >= 15 is 0 Å². The Hall–Kier alpha value is -5.94. The van der Waals surface area contributed by atoms with E-state index in [9.17, 15) is 0 Å². The summed E-state index contributed by atoms with van der Waals surface area (Å²) in [4.78, 5) is 3.82. The van der Waals surface area contributed by atoms with E-state index in [1.165, 1.54) is 21.9 Å². The molecule has 3 N–H and O–H groups in total. The average molecular weight is 680 g/mol. The van der Waals surface area contributed by atoms with Crippen molar-refractivity contribution in [1.29, 1.82) is 5.41 Å². The van der Waals surface area contributed by atoms with E-state index in [1.807, 2.05) is 37.5 Å². The highest BCUT2D eigenvalue weighted by molar-refractivity contribution is 6.32. The fourth-order valence-electron chi connectivity index (χ4n) is 7.32. The van der Waals surface area contributed by atoms with Crippen LogP contribution in [0, 0.1) is 5.41 Å². The summed E-state index contributed by atoms with van der Waals surface area (Å²) >= 11 is 0. The van der Waals surface area contributed by atoms with E-state index in [-0.39, 0.29) is 10.8 Å². The van der Waals surface area contributed by atoms with E-state index in [1.54, 1.807) is 0 Å². The molecule has 0 saturated heterocycles. The van der Waals surface area contributed by atoms with Gasteiger partial charge in [0.2, 0.25) is 0 Å². The van der Waals surface area contributed by atoms with E-state index in [0.717, 1.165) is 66.7 Å². The molecular weight excluding hydrogens is 635 g/mol. The first-order valence-electron chi connectivity index (χ1n) is 18.1. The summed E-state index contributed by atoms with van der Waals surface area (Å²) in [6, 6.07) is 37.1. The lowest BCUT2D eigenvalue weighted by molar-refractivity contribution is 0.590. The second-order valence-corrected chi connectivity index (χ2v) is 15.9. The van der Waals surface area contributed by atoms with Crippen LogP contribution in [-0.2, 0) is 10.8 Å². The molecule has 8 rings (SSSR count). The van der Waals surface area contributed by atoms with Gasteiger partial charge < -0.3 is 10.3 Å². The van der Waals surface area contributed by atoms with Gasteiger partial charge in [-0.3, -0.25) is 5.41 Å². The summed E-state index contributed by atoms with van der Waals surface area (Å²) in [7, 11) is 1.87. The molecule has 0 bridgehead atoms. The minimum atomic E-state index is -0.0707. The average Bonchev–Trinajstić information content (AvgIpc) is 3.70. The topological polar surface area (TPSA) is 69.5 Å². The van der Waals surface area contributed by atoms with Crippen molar-refractivity contribution in [3.8, 4) is 28.1 Å². The van der Waals surface area contributed by atoms with Crippen molar-refractivity contribution in [2.75, 3.05) is 7.05 Å². The molecule has 0 saturated carbocycles. The van der Waals surface area contributed by atoms with Crippen LogP contribution >= 0.6 is 0 Å². The monoisotopic (exact) mass is 679 g/mol. The molecule has 0 fully saturated rings. The Labute approximate surface area is 305 Å². The first-order valence-corrected chi connectivity index (χ1v) is 18.1. The highest BCUT2D eigenvalue weighted by Gasteiger charge is 2.24. The smallest absolute Gasteiger partial charge is 0.103 e. The number of nitrogens with one attached hydrogen (secondary N) is 3. The summed E-state index contributed by atoms with van der Waals surface area (Å²) in [5.74, 6) is 0. The first kappa shape index (κ1) is 33.2. The maximum atomic E-state index is 9.13. The zero-order chi connectivity index (χ0) is 36.4. The second kappa shape index (κ2) is 12.4. The number of benzene rings is 5. The summed E-state index contributed by atoms with van der Waals surface area (Å²) in [5, 5.41) is 21.3. The Kier molecular flexibility index (Phi) is 7.91. The number of hydrogen-bond donors (Lipinski definition) is 3. The molecule has 0 radical (unpaired) electrons. The van der Waals surface area contributed by atoms with Crippen LogP contribution in [0.25, 0.3) is 66.4 Å². The lowest BCUT2D eigenvalue weighted by Gasteiger charge is -2.21. The van der Waals surface area contributed by atoms with E-state index in [4.69, 9.17) is 10.5 Å². The summed E-state index contributed by atoms with van der Waals surface area (Å²) in [6.07, 6.45) is 7.90.